The summed E-state index contributed by atoms with van der Waals surface area (Å²) < 4.78 is 55.6. The van der Waals surface area contributed by atoms with Gasteiger partial charge in [0.15, 0.2) is 0 Å². The molecule has 2 nitrogen and oxygen atoms in total. The Labute approximate surface area is 52.1 Å². The van der Waals surface area contributed by atoms with Crippen molar-refractivity contribution in [2.24, 2.45) is 0 Å². The van der Waals surface area contributed by atoms with Crippen LogP contribution in [0.4, 0.5) is 22.1 Å². The van der Waals surface area contributed by atoms with Crippen molar-refractivity contribution in [1.29, 1.82) is 0 Å². The van der Waals surface area contributed by atoms with Crippen LogP contribution in [0.25, 0.3) is 0 Å². The Morgan fingerprint density at radius 1 is 1.20 bits per heavy atom. The lowest BCUT2D eigenvalue weighted by atomic mass is 10.4. The van der Waals surface area contributed by atoms with E-state index in [-0.39, 0.29) is 0 Å². The average Bonchev–Trinajstić information content (AvgIpc) is 1.84. The molecule has 0 aliphatic rings. The molecule has 0 rings (SSSR count). The Bertz CT molecular complexity index is 126. The van der Waals surface area contributed by atoms with Crippen molar-refractivity contribution >= 4 is 5.91 Å². The lowest BCUT2D eigenvalue weighted by Crippen LogP contribution is -2.30. The summed E-state index contributed by atoms with van der Waals surface area (Å²) in [5, 5.41) is -2.21. The van der Waals surface area contributed by atoms with Gasteiger partial charge in [-0.1, -0.05) is 8.96 Å². The molecule has 60 valence electrons. The minimum Gasteiger partial charge on any atom is -0.266 e. The molecule has 0 spiro atoms. The van der Waals surface area contributed by atoms with Gasteiger partial charge in [-0.2, -0.15) is 0 Å². The van der Waals surface area contributed by atoms with E-state index < -0.39 is 23.8 Å². The number of amides is 1. The molecule has 0 aromatic heterocycles. The number of hydrogen-bond donors (Lipinski definition) is 0. The molecular formula is C3H2F5NO. The summed E-state index contributed by atoms with van der Waals surface area (Å²) in [4.78, 5) is 9.61. The standard InChI is InChI=1S/C3H2F5NO/c4-1(2(5)6)3(10)9(7)8/h1-2H. The average molecular weight is 163 g/mol. The van der Waals surface area contributed by atoms with Crippen LogP contribution in [0.2, 0.25) is 0 Å². The first kappa shape index (κ1) is 9.12. The number of hydrogen-bond acceptors (Lipinski definition) is 1. The third-order valence-corrected chi connectivity index (χ3v) is 0.624. The highest BCUT2D eigenvalue weighted by Gasteiger charge is 2.33. The highest BCUT2D eigenvalue weighted by atomic mass is 19.4. The fourth-order valence-corrected chi connectivity index (χ4v) is 0.201. The third kappa shape index (κ3) is 2.16. The second kappa shape index (κ2) is 3.33. The predicted molar refractivity (Wildman–Crippen MR) is 20.0 cm³/mol. The SMILES string of the molecule is O=C(C(F)C(F)F)N(F)F. The molecule has 1 unspecified atom stereocenters. The lowest BCUT2D eigenvalue weighted by molar-refractivity contribution is -0.197. The Hall–Kier alpha value is -0.880. The maximum absolute atomic E-state index is 11.5. The Kier molecular flexibility index (Phi) is 3.04. The molecule has 0 heterocycles. The summed E-state index contributed by atoms with van der Waals surface area (Å²) in [6.07, 6.45) is -7.14. The van der Waals surface area contributed by atoms with Crippen LogP contribution in [0.3, 0.4) is 0 Å². The van der Waals surface area contributed by atoms with Crippen LogP contribution in [0.5, 0.6) is 0 Å². The molecule has 0 radical (unpaired) electrons. The fraction of sp³-hybridized carbons (Fsp3) is 0.667. The quantitative estimate of drug-likeness (QED) is 0.442. The molecule has 0 fully saturated rings. The smallest absolute Gasteiger partial charge is 0.266 e. The Morgan fingerprint density at radius 3 is 1.70 bits per heavy atom. The van der Waals surface area contributed by atoms with Gasteiger partial charge in [0.2, 0.25) is 6.17 Å². The van der Waals surface area contributed by atoms with Gasteiger partial charge in [-0.05, 0) is 0 Å². The minimum atomic E-state index is -3.71. The van der Waals surface area contributed by atoms with Gasteiger partial charge in [-0.15, -0.1) is 0 Å². The number of carbonyl (C=O) groups is 1. The highest BCUT2D eigenvalue weighted by Crippen LogP contribution is 2.09. The first-order valence-electron chi connectivity index (χ1n) is 2.04. The van der Waals surface area contributed by atoms with Crippen molar-refractivity contribution < 1.29 is 26.9 Å². The van der Waals surface area contributed by atoms with E-state index in [4.69, 9.17) is 0 Å². The highest BCUT2D eigenvalue weighted by molar-refractivity contribution is 5.79. The van der Waals surface area contributed by atoms with E-state index in [0.29, 0.717) is 0 Å². The molecular weight excluding hydrogens is 161 g/mol. The van der Waals surface area contributed by atoms with E-state index in [1.807, 2.05) is 0 Å². The molecule has 0 saturated carbocycles. The van der Waals surface area contributed by atoms with Crippen LogP contribution in [0.1, 0.15) is 0 Å². The van der Waals surface area contributed by atoms with Gasteiger partial charge in [-0.25, -0.2) is 13.2 Å². The van der Waals surface area contributed by atoms with Gasteiger partial charge >= 0.3 is 5.91 Å². The molecule has 0 saturated heterocycles. The number of carbonyl (C=O) groups excluding carboxylic acids is 1. The van der Waals surface area contributed by atoms with Crippen molar-refractivity contribution in [1.82, 2.24) is 5.34 Å². The minimum absolute atomic E-state index is 2.21. The zero-order valence-electron chi connectivity index (χ0n) is 4.40. The summed E-state index contributed by atoms with van der Waals surface area (Å²) in [6.45, 7) is 0. The van der Waals surface area contributed by atoms with Gasteiger partial charge in [0.05, 0.1) is 0 Å². The first-order chi connectivity index (χ1) is 4.46. The fourth-order valence-electron chi connectivity index (χ4n) is 0.201. The number of halogens is 5. The number of alkyl halides is 3. The van der Waals surface area contributed by atoms with Crippen LogP contribution in [-0.2, 0) is 4.79 Å². The van der Waals surface area contributed by atoms with E-state index in [1.165, 1.54) is 0 Å². The maximum atomic E-state index is 11.5. The van der Waals surface area contributed by atoms with Crippen molar-refractivity contribution in [3.05, 3.63) is 0 Å². The van der Waals surface area contributed by atoms with Crippen LogP contribution >= 0.6 is 0 Å². The molecule has 1 atom stereocenters. The summed E-state index contributed by atoms with van der Waals surface area (Å²) in [5.74, 6) is -2.53. The molecule has 0 aromatic rings. The van der Waals surface area contributed by atoms with Gasteiger partial charge in [0.1, 0.15) is 0 Å². The van der Waals surface area contributed by atoms with Crippen LogP contribution in [-0.4, -0.2) is 23.8 Å². The zero-order valence-corrected chi connectivity index (χ0v) is 4.40. The van der Waals surface area contributed by atoms with E-state index >= 15 is 0 Å². The maximum Gasteiger partial charge on any atom is 0.323 e. The first-order valence-corrected chi connectivity index (χ1v) is 2.04. The summed E-state index contributed by atoms with van der Waals surface area (Å²) in [7, 11) is 0. The van der Waals surface area contributed by atoms with Gasteiger partial charge in [0.25, 0.3) is 6.43 Å². The molecule has 0 aliphatic carbocycles. The monoisotopic (exact) mass is 163 g/mol. The molecule has 10 heavy (non-hydrogen) atoms. The topological polar surface area (TPSA) is 20.3 Å². The van der Waals surface area contributed by atoms with Gasteiger partial charge < -0.3 is 0 Å². The van der Waals surface area contributed by atoms with Crippen LogP contribution in [0.15, 0.2) is 0 Å². The zero-order chi connectivity index (χ0) is 8.31. The summed E-state index contributed by atoms with van der Waals surface area (Å²) in [5.41, 5.74) is 0. The van der Waals surface area contributed by atoms with Crippen LogP contribution in [0, 0.1) is 0 Å². The van der Waals surface area contributed by atoms with E-state index in [9.17, 15) is 26.9 Å². The van der Waals surface area contributed by atoms with Crippen LogP contribution < -0.4 is 0 Å². The van der Waals surface area contributed by atoms with E-state index in [1.54, 1.807) is 0 Å². The van der Waals surface area contributed by atoms with Gasteiger partial charge in [0, 0.05) is 5.34 Å². The Balaban J connectivity index is 3.95. The number of nitrogens with zero attached hydrogens (tertiary/aromatic N) is 1. The summed E-state index contributed by atoms with van der Waals surface area (Å²) >= 11 is 0. The second-order valence-corrected chi connectivity index (χ2v) is 1.31. The molecule has 0 bridgehead atoms. The third-order valence-electron chi connectivity index (χ3n) is 0.624. The second-order valence-electron chi connectivity index (χ2n) is 1.31. The largest absolute Gasteiger partial charge is 0.323 e. The van der Waals surface area contributed by atoms with Crippen molar-refractivity contribution in [3.8, 4) is 0 Å². The lowest BCUT2D eigenvalue weighted by Gasteiger charge is -2.04. The predicted octanol–water partition coefficient (Wildman–Crippen LogP) is 1.19. The van der Waals surface area contributed by atoms with Crippen molar-refractivity contribution in [2.45, 2.75) is 12.6 Å². The Morgan fingerprint density at radius 2 is 1.60 bits per heavy atom. The number of rotatable bonds is 2. The van der Waals surface area contributed by atoms with Crippen molar-refractivity contribution in [3.63, 3.8) is 0 Å². The van der Waals surface area contributed by atoms with E-state index in [0.717, 1.165) is 0 Å². The molecule has 0 aromatic carbocycles. The van der Waals surface area contributed by atoms with E-state index in [2.05, 4.69) is 0 Å². The molecule has 0 aliphatic heterocycles. The van der Waals surface area contributed by atoms with Crippen molar-refractivity contribution in [2.75, 3.05) is 0 Å². The molecule has 0 N–H and O–H groups in total. The normalized spacial score (nSPS) is 13.4. The molecule has 1 amide bonds. The molecule has 7 heteroatoms. The van der Waals surface area contributed by atoms with Gasteiger partial charge in [-0.3, -0.25) is 4.79 Å². The summed E-state index contributed by atoms with van der Waals surface area (Å²) in [6, 6.07) is 0.